The van der Waals surface area contributed by atoms with Crippen molar-refractivity contribution in [3.05, 3.63) is 29.8 Å². The van der Waals surface area contributed by atoms with Crippen molar-refractivity contribution >= 4 is 12.4 Å². The summed E-state index contributed by atoms with van der Waals surface area (Å²) in [5, 5.41) is 9.81. The molecule has 0 saturated heterocycles. The van der Waals surface area contributed by atoms with Crippen LogP contribution in [0.25, 0.3) is 0 Å². The van der Waals surface area contributed by atoms with E-state index < -0.39 is 6.10 Å². The minimum Gasteiger partial charge on any atom is -0.496 e. The summed E-state index contributed by atoms with van der Waals surface area (Å²) >= 11 is 0. The van der Waals surface area contributed by atoms with Crippen molar-refractivity contribution in [3.8, 4) is 5.75 Å². The van der Waals surface area contributed by atoms with Gasteiger partial charge in [0, 0.05) is 5.56 Å². The summed E-state index contributed by atoms with van der Waals surface area (Å²) in [6.07, 6.45) is 1.12. The number of aliphatic hydroxyl groups is 1. The number of halogens is 1. The molecule has 1 aromatic rings. The number of benzene rings is 1. The molecule has 3 nitrogen and oxygen atoms in total. The third kappa shape index (κ3) is 3.67. The Hall–Kier alpha value is -0.770. The normalized spacial score (nSPS) is 13.8. The third-order valence-corrected chi connectivity index (χ3v) is 2.50. The van der Waals surface area contributed by atoms with Gasteiger partial charge in [-0.3, -0.25) is 0 Å². The van der Waals surface area contributed by atoms with E-state index in [4.69, 9.17) is 10.5 Å². The molecule has 3 N–H and O–H groups in total. The number of hydrogen-bond donors (Lipinski definition) is 2. The number of ether oxygens (including phenoxy) is 1. The predicted molar refractivity (Wildman–Crippen MR) is 68.1 cm³/mol. The molecule has 0 saturated carbocycles. The second kappa shape index (κ2) is 7.49. The maximum Gasteiger partial charge on any atom is 0.123 e. The Morgan fingerprint density at radius 2 is 2.00 bits per heavy atom. The van der Waals surface area contributed by atoms with Crippen molar-refractivity contribution in [2.75, 3.05) is 7.11 Å². The molecule has 92 valence electrons. The molecule has 0 bridgehead atoms. The SMILES string of the molecule is CCC[C@@H](O)[C@@H](N)c1ccccc1OC.Cl. The zero-order valence-corrected chi connectivity index (χ0v) is 10.5. The van der Waals surface area contributed by atoms with E-state index in [1.54, 1.807) is 7.11 Å². The van der Waals surface area contributed by atoms with Crippen LogP contribution in [0.2, 0.25) is 0 Å². The van der Waals surface area contributed by atoms with Gasteiger partial charge >= 0.3 is 0 Å². The summed E-state index contributed by atoms with van der Waals surface area (Å²) in [5.41, 5.74) is 6.83. The van der Waals surface area contributed by atoms with Crippen LogP contribution in [0.15, 0.2) is 24.3 Å². The second-order valence-corrected chi connectivity index (χ2v) is 3.62. The number of para-hydroxylation sites is 1. The lowest BCUT2D eigenvalue weighted by molar-refractivity contribution is 0.133. The average molecular weight is 246 g/mol. The first-order valence-electron chi connectivity index (χ1n) is 5.27. The smallest absolute Gasteiger partial charge is 0.123 e. The van der Waals surface area contributed by atoms with Gasteiger partial charge in [0.05, 0.1) is 19.3 Å². The Labute approximate surface area is 103 Å². The summed E-state index contributed by atoms with van der Waals surface area (Å²) in [5.74, 6) is 0.736. The van der Waals surface area contributed by atoms with E-state index in [1.165, 1.54) is 0 Å². The molecule has 16 heavy (non-hydrogen) atoms. The zero-order chi connectivity index (χ0) is 11.3. The molecule has 0 aromatic heterocycles. The van der Waals surface area contributed by atoms with Gasteiger partial charge in [0.15, 0.2) is 0 Å². The fourth-order valence-electron chi connectivity index (χ4n) is 1.62. The van der Waals surface area contributed by atoms with E-state index in [-0.39, 0.29) is 18.4 Å². The van der Waals surface area contributed by atoms with Crippen LogP contribution >= 0.6 is 12.4 Å². The van der Waals surface area contributed by atoms with Gasteiger partial charge in [-0.15, -0.1) is 12.4 Å². The zero-order valence-electron chi connectivity index (χ0n) is 9.72. The molecule has 1 rings (SSSR count). The number of rotatable bonds is 5. The van der Waals surface area contributed by atoms with Crippen molar-refractivity contribution in [3.63, 3.8) is 0 Å². The Morgan fingerprint density at radius 3 is 2.56 bits per heavy atom. The monoisotopic (exact) mass is 245 g/mol. The third-order valence-electron chi connectivity index (χ3n) is 2.50. The average Bonchev–Trinajstić information content (AvgIpc) is 2.28. The van der Waals surface area contributed by atoms with Crippen LogP contribution in [-0.2, 0) is 0 Å². The summed E-state index contributed by atoms with van der Waals surface area (Å²) in [7, 11) is 1.61. The topological polar surface area (TPSA) is 55.5 Å². The van der Waals surface area contributed by atoms with Gasteiger partial charge in [0.25, 0.3) is 0 Å². The van der Waals surface area contributed by atoms with Crippen LogP contribution in [0.1, 0.15) is 31.4 Å². The molecule has 2 atom stereocenters. The first kappa shape index (κ1) is 15.2. The van der Waals surface area contributed by atoms with Gasteiger partial charge in [-0.25, -0.2) is 0 Å². The molecule has 0 aliphatic heterocycles. The van der Waals surface area contributed by atoms with Gasteiger partial charge in [0.1, 0.15) is 5.75 Å². The van der Waals surface area contributed by atoms with Gasteiger partial charge in [-0.2, -0.15) is 0 Å². The van der Waals surface area contributed by atoms with Crippen LogP contribution < -0.4 is 10.5 Å². The van der Waals surface area contributed by atoms with Gasteiger partial charge in [0.2, 0.25) is 0 Å². The summed E-state index contributed by atoms with van der Waals surface area (Å²) < 4.78 is 5.20. The first-order chi connectivity index (χ1) is 7.20. The largest absolute Gasteiger partial charge is 0.496 e. The van der Waals surface area contributed by atoms with E-state index in [2.05, 4.69) is 0 Å². The van der Waals surface area contributed by atoms with Crippen molar-refractivity contribution in [2.24, 2.45) is 5.73 Å². The number of hydrogen-bond acceptors (Lipinski definition) is 3. The molecule has 0 radical (unpaired) electrons. The molecule has 0 aliphatic rings. The van der Waals surface area contributed by atoms with E-state index in [9.17, 15) is 5.11 Å². The molecular weight excluding hydrogens is 226 g/mol. The maximum absolute atomic E-state index is 9.81. The van der Waals surface area contributed by atoms with Crippen molar-refractivity contribution in [2.45, 2.75) is 31.9 Å². The highest BCUT2D eigenvalue weighted by Gasteiger charge is 2.18. The van der Waals surface area contributed by atoms with Crippen molar-refractivity contribution in [1.29, 1.82) is 0 Å². The predicted octanol–water partition coefficient (Wildman–Crippen LogP) is 2.28. The fourth-order valence-corrected chi connectivity index (χ4v) is 1.62. The first-order valence-corrected chi connectivity index (χ1v) is 5.27. The fraction of sp³-hybridized carbons (Fsp3) is 0.500. The molecule has 4 heteroatoms. The van der Waals surface area contributed by atoms with Gasteiger partial charge in [-0.05, 0) is 12.5 Å². The van der Waals surface area contributed by atoms with E-state index in [1.807, 2.05) is 31.2 Å². The standard InChI is InChI=1S/C12H19NO2.ClH/c1-3-6-10(14)12(13)9-7-4-5-8-11(9)15-2;/h4-5,7-8,10,12,14H,3,6,13H2,1-2H3;1H/t10-,12+;/m1./s1. The Morgan fingerprint density at radius 1 is 1.38 bits per heavy atom. The second-order valence-electron chi connectivity index (χ2n) is 3.62. The summed E-state index contributed by atoms with van der Waals surface area (Å²) in [6.45, 7) is 2.03. The highest BCUT2D eigenvalue weighted by atomic mass is 35.5. The molecule has 0 unspecified atom stereocenters. The summed E-state index contributed by atoms with van der Waals surface area (Å²) in [6, 6.07) is 7.16. The minimum absolute atomic E-state index is 0. The van der Waals surface area contributed by atoms with Crippen LogP contribution in [0.4, 0.5) is 0 Å². The lowest BCUT2D eigenvalue weighted by Gasteiger charge is -2.20. The van der Waals surface area contributed by atoms with E-state index in [0.717, 1.165) is 17.7 Å². The Kier molecular flexibility index (Phi) is 7.13. The lowest BCUT2D eigenvalue weighted by Crippen LogP contribution is -2.26. The number of methoxy groups -OCH3 is 1. The number of nitrogens with two attached hydrogens (primary N) is 1. The van der Waals surface area contributed by atoms with Crippen LogP contribution in [0, 0.1) is 0 Å². The van der Waals surface area contributed by atoms with Crippen LogP contribution in [0.5, 0.6) is 5.75 Å². The highest BCUT2D eigenvalue weighted by Crippen LogP contribution is 2.26. The van der Waals surface area contributed by atoms with E-state index >= 15 is 0 Å². The molecule has 1 aromatic carbocycles. The van der Waals surface area contributed by atoms with Gasteiger partial charge < -0.3 is 15.6 Å². The molecule has 0 aliphatic carbocycles. The number of aliphatic hydroxyl groups excluding tert-OH is 1. The highest BCUT2D eigenvalue weighted by molar-refractivity contribution is 5.85. The lowest BCUT2D eigenvalue weighted by atomic mass is 9.98. The van der Waals surface area contributed by atoms with Crippen molar-refractivity contribution < 1.29 is 9.84 Å². The molecular formula is C12H20ClNO2. The van der Waals surface area contributed by atoms with Crippen LogP contribution in [0.3, 0.4) is 0 Å². The van der Waals surface area contributed by atoms with E-state index in [0.29, 0.717) is 6.42 Å². The molecule has 0 amide bonds. The quantitative estimate of drug-likeness (QED) is 0.837. The van der Waals surface area contributed by atoms with Gasteiger partial charge in [-0.1, -0.05) is 31.5 Å². The molecule has 0 fully saturated rings. The summed E-state index contributed by atoms with van der Waals surface area (Å²) in [4.78, 5) is 0. The Bertz CT molecular complexity index is 307. The Balaban J connectivity index is 0.00000225. The van der Waals surface area contributed by atoms with Crippen molar-refractivity contribution in [1.82, 2.24) is 0 Å². The van der Waals surface area contributed by atoms with Crippen LogP contribution in [-0.4, -0.2) is 18.3 Å². The minimum atomic E-state index is -0.508. The maximum atomic E-state index is 9.81. The molecule has 0 spiro atoms. The molecule has 0 heterocycles.